The number of furan rings is 1. The van der Waals surface area contributed by atoms with Gasteiger partial charge in [-0.3, -0.25) is 9.36 Å². The van der Waals surface area contributed by atoms with E-state index in [1.54, 1.807) is 47.2 Å². The SMILES string of the molecule is O=C(CSc1nnc(-c2ccco2)n1-c1ccc(F)cc1)c1ccccc1. The van der Waals surface area contributed by atoms with Crippen molar-refractivity contribution in [2.45, 2.75) is 5.16 Å². The first-order valence-corrected chi connectivity index (χ1v) is 9.17. The lowest BCUT2D eigenvalue weighted by atomic mass is 10.2. The standard InChI is InChI=1S/C20H14FN3O2S/c21-15-8-10-16(11-9-15)24-19(18-7-4-12-26-18)22-23-20(24)27-13-17(25)14-5-2-1-3-6-14/h1-12H,13H2. The van der Waals surface area contributed by atoms with Crippen LogP contribution in [0.15, 0.2) is 82.6 Å². The van der Waals surface area contributed by atoms with Crippen LogP contribution >= 0.6 is 11.8 Å². The summed E-state index contributed by atoms with van der Waals surface area (Å²) >= 11 is 1.27. The predicted octanol–water partition coefficient (Wildman–Crippen LogP) is 4.64. The Labute approximate surface area is 158 Å². The Hall–Kier alpha value is -3.19. The number of hydrogen-bond acceptors (Lipinski definition) is 5. The van der Waals surface area contributed by atoms with E-state index in [0.29, 0.717) is 28.0 Å². The fourth-order valence-corrected chi connectivity index (χ4v) is 3.44. The van der Waals surface area contributed by atoms with Crippen molar-refractivity contribution in [2.75, 3.05) is 5.75 Å². The van der Waals surface area contributed by atoms with Crippen molar-refractivity contribution in [3.63, 3.8) is 0 Å². The van der Waals surface area contributed by atoms with Gasteiger partial charge in [0.25, 0.3) is 0 Å². The van der Waals surface area contributed by atoms with Gasteiger partial charge in [0, 0.05) is 5.56 Å². The normalized spacial score (nSPS) is 10.9. The zero-order valence-electron chi connectivity index (χ0n) is 14.1. The van der Waals surface area contributed by atoms with Crippen molar-refractivity contribution >= 4 is 17.5 Å². The number of nitrogens with zero attached hydrogens (tertiary/aromatic N) is 3. The molecule has 4 aromatic rings. The second-order valence-electron chi connectivity index (χ2n) is 5.67. The number of aromatic nitrogens is 3. The van der Waals surface area contributed by atoms with Crippen molar-refractivity contribution < 1.29 is 13.6 Å². The molecule has 0 fully saturated rings. The average Bonchev–Trinajstić information content (AvgIpc) is 3.37. The molecule has 5 nitrogen and oxygen atoms in total. The third-order valence-electron chi connectivity index (χ3n) is 3.89. The Morgan fingerprint density at radius 1 is 1.00 bits per heavy atom. The number of halogens is 1. The molecule has 0 unspecified atom stereocenters. The zero-order chi connectivity index (χ0) is 18.6. The van der Waals surface area contributed by atoms with Crippen LogP contribution < -0.4 is 0 Å². The maximum atomic E-state index is 13.3. The van der Waals surface area contributed by atoms with Gasteiger partial charge in [-0.2, -0.15) is 0 Å². The number of carbonyl (C=O) groups excluding carboxylic acids is 1. The molecule has 2 aromatic carbocycles. The van der Waals surface area contributed by atoms with E-state index in [1.165, 1.54) is 23.9 Å². The van der Waals surface area contributed by atoms with Gasteiger partial charge in [-0.1, -0.05) is 42.1 Å². The molecule has 0 saturated heterocycles. The molecule has 0 spiro atoms. The van der Waals surface area contributed by atoms with Gasteiger partial charge in [-0.05, 0) is 36.4 Å². The predicted molar refractivity (Wildman–Crippen MR) is 101 cm³/mol. The van der Waals surface area contributed by atoms with E-state index >= 15 is 0 Å². The first-order chi connectivity index (χ1) is 13.2. The second-order valence-corrected chi connectivity index (χ2v) is 6.62. The molecule has 134 valence electrons. The van der Waals surface area contributed by atoms with E-state index in [-0.39, 0.29) is 17.4 Å². The number of benzene rings is 2. The lowest BCUT2D eigenvalue weighted by Gasteiger charge is -2.09. The number of carbonyl (C=O) groups is 1. The van der Waals surface area contributed by atoms with Crippen LogP contribution in [0.3, 0.4) is 0 Å². The summed E-state index contributed by atoms with van der Waals surface area (Å²) in [6, 6.07) is 18.6. The quantitative estimate of drug-likeness (QED) is 0.361. The van der Waals surface area contributed by atoms with Crippen LogP contribution in [0.25, 0.3) is 17.3 Å². The molecule has 0 aliphatic heterocycles. The van der Waals surface area contributed by atoms with Gasteiger partial charge in [-0.15, -0.1) is 10.2 Å². The molecule has 0 aliphatic carbocycles. The van der Waals surface area contributed by atoms with Gasteiger partial charge in [0.1, 0.15) is 5.82 Å². The Balaban J connectivity index is 1.66. The van der Waals surface area contributed by atoms with Crippen LogP contribution in [-0.4, -0.2) is 26.3 Å². The summed E-state index contributed by atoms with van der Waals surface area (Å²) in [7, 11) is 0. The van der Waals surface area contributed by atoms with Crippen LogP contribution in [0.2, 0.25) is 0 Å². The smallest absolute Gasteiger partial charge is 0.205 e. The van der Waals surface area contributed by atoms with Gasteiger partial charge in [-0.25, -0.2) is 4.39 Å². The molecule has 0 aliphatic rings. The van der Waals surface area contributed by atoms with E-state index in [4.69, 9.17) is 4.42 Å². The first kappa shape index (κ1) is 17.2. The van der Waals surface area contributed by atoms with Crippen molar-refractivity contribution in [1.82, 2.24) is 14.8 Å². The number of hydrogen-bond donors (Lipinski definition) is 0. The maximum absolute atomic E-state index is 13.3. The van der Waals surface area contributed by atoms with Crippen LogP contribution in [0.4, 0.5) is 4.39 Å². The van der Waals surface area contributed by atoms with Crippen molar-refractivity contribution in [2.24, 2.45) is 0 Å². The summed E-state index contributed by atoms with van der Waals surface area (Å²) in [6.07, 6.45) is 1.55. The summed E-state index contributed by atoms with van der Waals surface area (Å²) in [4.78, 5) is 12.4. The highest BCUT2D eigenvalue weighted by Crippen LogP contribution is 2.28. The zero-order valence-corrected chi connectivity index (χ0v) is 14.9. The van der Waals surface area contributed by atoms with E-state index in [0.717, 1.165) is 0 Å². The van der Waals surface area contributed by atoms with Gasteiger partial charge < -0.3 is 4.42 Å². The van der Waals surface area contributed by atoms with Gasteiger partial charge in [0.2, 0.25) is 5.82 Å². The van der Waals surface area contributed by atoms with Crippen LogP contribution in [0.5, 0.6) is 0 Å². The van der Waals surface area contributed by atoms with Crippen molar-refractivity contribution in [3.8, 4) is 17.3 Å². The fourth-order valence-electron chi connectivity index (χ4n) is 2.59. The third kappa shape index (κ3) is 3.68. The summed E-state index contributed by atoms with van der Waals surface area (Å²) in [5, 5.41) is 8.93. The summed E-state index contributed by atoms with van der Waals surface area (Å²) in [5.41, 5.74) is 1.33. The van der Waals surface area contributed by atoms with E-state index in [9.17, 15) is 9.18 Å². The summed E-state index contributed by atoms with van der Waals surface area (Å²) in [5.74, 6) is 0.893. The lowest BCUT2D eigenvalue weighted by molar-refractivity contribution is 0.102. The van der Waals surface area contributed by atoms with E-state index in [1.807, 2.05) is 18.2 Å². The highest BCUT2D eigenvalue weighted by molar-refractivity contribution is 7.99. The molecular weight excluding hydrogens is 365 g/mol. The van der Waals surface area contributed by atoms with Gasteiger partial charge >= 0.3 is 0 Å². The highest BCUT2D eigenvalue weighted by Gasteiger charge is 2.19. The first-order valence-electron chi connectivity index (χ1n) is 8.18. The topological polar surface area (TPSA) is 60.9 Å². The Kier molecular flexibility index (Phi) is 4.84. The lowest BCUT2D eigenvalue weighted by Crippen LogP contribution is -2.04. The molecule has 0 N–H and O–H groups in total. The summed E-state index contributed by atoms with van der Waals surface area (Å²) < 4.78 is 20.5. The fraction of sp³-hybridized carbons (Fsp3) is 0.0500. The molecule has 0 amide bonds. The molecule has 4 rings (SSSR count). The number of rotatable bonds is 6. The van der Waals surface area contributed by atoms with E-state index in [2.05, 4.69) is 10.2 Å². The molecule has 0 atom stereocenters. The molecule has 7 heteroatoms. The third-order valence-corrected chi connectivity index (χ3v) is 4.82. The molecular formula is C20H14FN3O2S. The van der Waals surface area contributed by atoms with Crippen molar-refractivity contribution in [1.29, 1.82) is 0 Å². The molecule has 27 heavy (non-hydrogen) atoms. The van der Waals surface area contributed by atoms with Crippen LogP contribution in [0.1, 0.15) is 10.4 Å². The Morgan fingerprint density at radius 2 is 1.78 bits per heavy atom. The monoisotopic (exact) mass is 379 g/mol. The highest BCUT2D eigenvalue weighted by atomic mass is 32.2. The largest absolute Gasteiger partial charge is 0.461 e. The summed E-state index contributed by atoms with van der Waals surface area (Å²) in [6.45, 7) is 0. The molecule has 2 heterocycles. The van der Waals surface area contributed by atoms with E-state index < -0.39 is 0 Å². The number of ketones is 1. The minimum Gasteiger partial charge on any atom is -0.461 e. The average molecular weight is 379 g/mol. The Morgan fingerprint density at radius 3 is 2.48 bits per heavy atom. The maximum Gasteiger partial charge on any atom is 0.205 e. The number of Topliss-reactive ketones (excluding diaryl/α,β-unsaturated/α-hetero) is 1. The van der Waals surface area contributed by atoms with Gasteiger partial charge in [0.05, 0.1) is 17.7 Å². The number of thioether (sulfide) groups is 1. The second kappa shape index (κ2) is 7.59. The molecule has 0 saturated carbocycles. The molecule has 0 bridgehead atoms. The minimum atomic E-state index is -0.333. The van der Waals surface area contributed by atoms with Crippen molar-refractivity contribution in [3.05, 3.63) is 84.4 Å². The molecule has 2 aromatic heterocycles. The van der Waals surface area contributed by atoms with Crippen LogP contribution in [-0.2, 0) is 0 Å². The van der Waals surface area contributed by atoms with Gasteiger partial charge in [0.15, 0.2) is 16.7 Å². The Bertz CT molecular complexity index is 1040. The molecule has 0 radical (unpaired) electrons. The van der Waals surface area contributed by atoms with Crippen LogP contribution in [0, 0.1) is 5.82 Å². The minimum absolute atomic E-state index is 0.00574.